The number of carbonyl (C=O) groups is 1. The van der Waals surface area contributed by atoms with Gasteiger partial charge in [0.2, 0.25) is 12.7 Å². The fraction of sp³-hybridized carbons (Fsp3) is 0.190. The molecule has 0 spiro atoms. The van der Waals surface area contributed by atoms with Crippen LogP contribution in [0.5, 0.6) is 11.5 Å². The second kappa shape index (κ2) is 7.80. The third kappa shape index (κ3) is 3.61. The van der Waals surface area contributed by atoms with Gasteiger partial charge >= 0.3 is 5.69 Å². The molecule has 0 unspecified atom stereocenters. The van der Waals surface area contributed by atoms with Crippen LogP contribution in [0.3, 0.4) is 0 Å². The summed E-state index contributed by atoms with van der Waals surface area (Å²) in [7, 11) is 0. The summed E-state index contributed by atoms with van der Waals surface area (Å²) < 4.78 is 18.8. The zero-order valence-electron chi connectivity index (χ0n) is 16.2. The molecule has 0 atom stereocenters. The number of rotatable bonds is 6. The second-order valence-electron chi connectivity index (χ2n) is 6.94. The molecule has 0 fully saturated rings. The lowest BCUT2D eigenvalue weighted by Crippen LogP contribution is -2.42. The molecular formula is C21H17N3O6S. The number of hydrogen-bond acceptors (Lipinski definition) is 7. The van der Waals surface area contributed by atoms with Gasteiger partial charge in [-0.15, -0.1) is 11.3 Å². The fourth-order valence-electron chi connectivity index (χ4n) is 3.45. The van der Waals surface area contributed by atoms with E-state index in [-0.39, 0.29) is 37.9 Å². The van der Waals surface area contributed by atoms with E-state index in [1.54, 1.807) is 41.8 Å². The lowest BCUT2D eigenvalue weighted by Gasteiger charge is -2.12. The van der Waals surface area contributed by atoms with E-state index in [0.717, 1.165) is 4.57 Å². The summed E-state index contributed by atoms with van der Waals surface area (Å²) in [5.41, 5.74) is 0.213. The second-order valence-corrected chi connectivity index (χ2v) is 7.85. The highest BCUT2D eigenvalue weighted by Gasteiger charge is 2.18. The Labute approximate surface area is 179 Å². The number of furan rings is 1. The molecule has 1 aliphatic heterocycles. The molecule has 1 N–H and O–H groups in total. The molecule has 3 aromatic heterocycles. The third-order valence-electron chi connectivity index (χ3n) is 4.96. The van der Waals surface area contributed by atoms with E-state index < -0.39 is 5.69 Å². The molecule has 0 saturated heterocycles. The summed E-state index contributed by atoms with van der Waals surface area (Å²) in [6, 6.07) is 10.4. The molecule has 4 heterocycles. The number of nitrogens with zero attached hydrogens (tertiary/aromatic N) is 2. The van der Waals surface area contributed by atoms with E-state index in [0.29, 0.717) is 33.0 Å². The molecule has 1 amide bonds. The molecule has 0 bridgehead atoms. The standard InChI is InChI=1S/C21H17N3O6S/c25-18(22-9-14-2-1-6-28-14)11-23-15-5-7-31-19(15)20(26)24(21(23)27)10-13-3-4-16-17(8-13)30-12-29-16/h1-8H,9-12H2,(H,22,25). The average Bonchev–Trinajstić information content (AvgIpc) is 3.53. The van der Waals surface area contributed by atoms with Gasteiger partial charge in [-0.05, 0) is 41.3 Å². The van der Waals surface area contributed by atoms with Crippen molar-refractivity contribution < 1.29 is 18.7 Å². The van der Waals surface area contributed by atoms with Crippen LogP contribution in [0, 0.1) is 0 Å². The van der Waals surface area contributed by atoms with E-state index >= 15 is 0 Å². The molecule has 1 aromatic carbocycles. The maximum absolute atomic E-state index is 13.2. The van der Waals surface area contributed by atoms with E-state index in [1.165, 1.54) is 22.2 Å². The van der Waals surface area contributed by atoms with Gasteiger partial charge in [-0.3, -0.25) is 18.7 Å². The Morgan fingerprint density at radius 1 is 1.10 bits per heavy atom. The van der Waals surface area contributed by atoms with Crippen LogP contribution in [0.25, 0.3) is 10.2 Å². The number of fused-ring (bicyclic) bond motifs is 2. The lowest BCUT2D eigenvalue weighted by atomic mass is 10.2. The van der Waals surface area contributed by atoms with Crippen molar-refractivity contribution in [2.45, 2.75) is 19.6 Å². The van der Waals surface area contributed by atoms with Gasteiger partial charge in [-0.25, -0.2) is 4.79 Å². The van der Waals surface area contributed by atoms with Gasteiger partial charge in [-0.1, -0.05) is 6.07 Å². The summed E-state index contributed by atoms with van der Waals surface area (Å²) in [5, 5.41) is 4.45. The van der Waals surface area contributed by atoms with Gasteiger partial charge in [0, 0.05) is 0 Å². The first-order valence-corrected chi connectivity index (χ1v) is 10.4. The molecule has 10 heteroatoms. The smallest absolute Gasteiger partial charge is 0.332 e. The highest BCUT2D eigenvalue weighted by Crippen LogP contribution is 2.32. The average molecular weight is 439 g/mol. The molecule has 5 rings (SSSR count). The Morgan fingerprint density at radius 2 is 1.97 bits per heavy atom. The van der Waals surface area contributed by atoms with E-state index in [2.05, 4.69) is 5.32 Å². The van der Waals surface area contributed by atoms with Crippen molar-refractivity contribution in [3.05, 3.63) is 80.2 Å². The van der Waals surface area contributed by atoms with Gasteiger partial charge < -0.3 is 19.2 Å². The van der Waals surface area contributed by atoms with Gasteiger partial charge in [0.05, 0.1) is 24.9 Å². The van der Waals surface area contributed by atoms with Crippen molar-refractivity contribution in [1.29, 1.82) is 0 Å². The predicted molar refractivity (Wildman–Crippen MR) is 113 cm³/mol. The number of thiophene rings is 1. The number of nitrogens with one attached hydrogen (secondary N) is 1. The largest absolute Gasteiger partial charge is 0.467 e. The zero-order valence-corrected chi connectivity index (χ0v) is 17.0. The molecule has 0 aliphatic carbocycles. The summed E-state index contributed by atoms with van der Waals surface area (Å²) in [4.78, 5) is 38.6. The number of benzene rings is 1. The first-order chi connectivity index (χ1) is 15.1. The molecule has 158 valence electrons. The van der Waals surface area contributed by atoms with Crippen molar-refractivity contribution in [3.63, 3.8) is 0 Å². The van der Waals surface area contributed by atoms with Crippen LogP contribution >= 0.6 is 11.3 Å². The highest BCUT2D eigenvalue weighted by atomic mass is 32.1. The number of hydrogen-bond donors (Lipinski definition) is 1. The van der Waals surface area contributed by atoms with Crippen molar-refractivity contribution in [2.75, 3.05) is 6.79 Å². The van der Waals surface area contributed by atoms with Crippen LogP contribution in [0.15, 0.2) is 62.0 Å². The maximum atomic E-state index is 13.2. The lowest BCUT2D eigenvalue weighted by molar-refractivity contribution is -0.121. The van der Waals surface area contributed by atoms with Gasteiger partial charge in [0.15, 0.2) is 11.5 Å². The number of amides is 1. The fourth-order valence-corrected chi connectivity index (χ4v) is 4.29. The quantitative estimate of drug-likeness (QED) is 0.492. The van der Waals surface area contributed by atoms with Crippen LogP contribution in [0.2, 0.25) is 0 Å². The molecule has 31 heavy (non-hydrogen) atoms. The summed E-state index contributed by atoms with van der Waals surface area (Å²) in [6.07, 6.45) is 1.52. The number of ether oxygens (including phenoxy) is 2. The zero-order chi connectivity index (χ0) is 21.4. The van der Waals surface area contributed by atoms with Crippen LogP contribution in [-0.4, -0.2) is 21.8 Å². The van der Waals surface area contributed by atoms with Crippen molar-refractivity contribution in [1.82, 2.24) is 14.5 Å². The van der Waals surface area contributed by atoms with E-state index in [9.17, 15) is 14.4 Å². The first-order valence-electron chi connectivity index (χ1n) is 9.48. The van der Waals surface area contributed by atoms with E-state index in [1.807, 2.05) is 0 Å². The van der Waals surface area contributed by atoms with Crippen LogP contribution in [0.4, 0.5) is 0 Å². The van der Waals surface area contributed by atoms with Gasteiger partial charge in [0.1, 0.15) is 17.0 Å². The Kier molecular flexibility index (Phi) is 4.83. The number of carbonyl (C=O) groups excluding carboxylic acids is 1. The van der Waals surface area contributed by atoms with Crippen LogP contribution in [0.1, 0.15) is 11.3 Å². The Hall–Kier alpha value is -3.79. The summed E-state index contributed by atoms with van der Waals surface area (Å²) in [6.45, 7) is 0.189. The minimum atomic E-state index is -0.554. The summed E-state index contributed by atoms with van der Waals surface area (Å²) in [5.74, 6) is 1.43. The first kappa shape index (κ1) is 19.2. The van der Waals surface area contributed by atoms with Crippen molar-refractivity contribution in [3.8, 4) is 11.5 Å². The van der Waals surface area contributed by atoms with Crippen molar-refractivity contribution in [2.24, 2.45) is 0 Å². The predicted octanol–water partition coefficient (Wildman–Crippen LogP) is 1.91. The molecule has 4 aromatic rings. The minimum absolute atomic E-state index is 0.0517. The van der Waals surface area contributed by atoms with Gasteiger partial charge in [-0.2, -0.15) is 0 Å². The normalized spacial score (nSPS) is 12.4. The Morgan fingerprint density at radius 3 is 2.81 bits per heavy atom. The highest BCUT2D eigenvalue weighted by molar-refractivity contribution is 7.17. The molecule has 0 radical (unpaired) electrons. The molecule has 0 saturated carbocycles. The molecule has 9 nitrogen and oxygen atoms in total. The van der Waals surface area contributed by atoms with E-state index in [4.69, 9.17) is 13.9 Å². The van der Waals surface area contributed by atoms with Crippen LogP contribution in [-0.2, 0) is 24.4 Å². The number of aromatic nitrogens is 2. The monoisotopic (exact) mass is 439 g/mol. The molecular weight excluding hydrogens is 422 g/mol. The molecule has 1 aliphatic rings. The topological polar surface area (TPSA) is 105 Å². The summed E-state index contributed by atoms with van der Waals surface area (Å²) >= 11 is 1.24. The Bertz CT molecular complexity index is 1380. The SMILES string of the molecule is O=C(Cn1c(=O)n(Cc2ccc3c(c2)OCO3)c(=O)c2sccc21)NCc1ccco1. The van der Waals surface area contributed by atoms with Crippen molar-refractivity contribution >= 4 is 27.5 Å². The maximum Gasteiger partial charge on any atom is 0.332 e. The van der Waals surface area contributed by atoms with Gasteiger partial charge in [0.25, 0.3) is 5.56 Å². The van der Waals surface area contributed by atoms with Crippen LogP contribution < -0.4 is 26.0 Å². The minimum Gasteiger partial charge on any atom is -0.467 e. The third-order valence-corrected chi connectivity index (χ3v) is 5.85. The Balaban J connectivity index is 1.47.